The van der Waals surface area contributed by atoms with E-state index in [1.165, 1.54) is 22.7 Å². The lowest BCUT2D eigenvalue weighted by molar-refractivity contribution is 0.592. The first-order valence-corrected chi connectivity index (χ1v) is 6.96. The number of nitrogens with zero attached hydrogens (tertiary/aromatic N) is 4. The molecule has 2 heterocycles. The van der Waals surface area contributed by atoms with Crippen molar-refractivity contribution in [3.63, 3.8) is 0 Å². The highest BCUT2D eigenvalue weighted by Gasteiger charge is 2.20. The molecule has 0 fully saturated rings. The summed E-state index contributed by atoms with van der Waals surface area (Å²) in [7, 11) is -2.22. The Labute approximate surface area is 96.1 Å². The molecule has 2 aromatic heterocycles. The Balaban J connectivity index is 2.93. The van der Waals surface area contributed by atoms with Gasteiger partial charge in [-0.3, -0.25) is 0 Å². The van der Waals surface area contributed by atoms with Gasteiger partial charge in [0.25, 0.3) is 10.0 Å². The van der Waals surface area contributed by atoms with Gasteiger partial charge in [0.1, 0.15) is 5.52 Å². The third-order valence-corrected chi connectivity index (χ3v) is 3.34. The van der Waals surface area contributed by atoms with E-state index in [-0.39, 0.29) is 5.03 Å². The largest absolute Gasteiger partial charge is 0.330 e. The average Bonchev–Trinajstić information content (AvgIpc) is 2.58. The molecule has 86 valence electrons. The van der Waals surface area contributed by atoms with Crippen molar-refractivity contribution in [3.05, 3.63) is 6.33 Å². The van der Waals surface area contributed by atoms with E-state index in [4.69, 9.17) is 5.14 Å². The summed E-state index contributed by atoms with van der Waals surface area (Å²) >= 11 is 1.23. The fourth-order valence-corrected chi connectivity index (χ4v) is 2.43. The first-order valence-electron chi connectivity index (χ1n) is 4.19. The second-order valence-corrected chi connectivity index (χ2v) is 5.34. The Hall–Kier alpha value is -1.19. The van der Waals surface area contributed by atoms with Crippen LogP contribution in [0.1, 0.15) is 0 Å². The minimum absolute atomic E-state index is 0.193. The molecule has 0 saturated heterocycles. The highest BCUT2D eigenvalue weighted by atomic mass is 32.2. The Kier molecular flexibility index (Phi) is 2.60. The zero-order valence-corrected chi connectivity index (χ0v) is 10.2. The standard InChI is InChI=1S/C7H9N5O2S2/c1-12-3-9-5-4(12)6(16(8,13)14)11-7(10-5)15-2/h3H,1-2H3,(H2,8,13,14). The SMILES string of the molecule is CSc1nc(S(N)(=O)=O)c2c(ncn2C)n1. The normalized spacial score (nSPS) is 12.2. The van der Waals surface area contributed by atoms with Crippen LogP contribution in [0.2, 0.25) is 0 Å². The fourth-order valence-electron chi connectivity index (χ4n) is 1.29. The first kappa shape index (κ1) is 11.3. The van der Waals surface area contributed by atoms with Crippen molar-refractivity contribution in [1.29, 1.82) is 0 Å². The van der Waals surface area contributed by atoms with Crippen LogP contribution in [0.3, 0.4) is 0 Å². The summed E-state index contributed by atoms with van der Waals surface area (Å²) < 4.78 is 24.3. The molecule has 0 atom stereocenters. The topological polar surface area (TPSA) is 104 Å². The van der Waals surface area contributed by atoms with Crippen molar-refractivity contribution in [2.75, 3.05) is 6.26 Å². The van der Waals surface area contributed by atoms with Crippen LogP contribution < -0.4 is 5.14 Å². The van der Waals surface area contributed by atoms with Crippen molar-refractivity contribution in [3.8, 4) is 0 Å². The van der Waals surface area contributed by atoms with Gasteiger partial charge < -0.3 is 4.57 Å². The molecule has 0 spiro atoms. The number of hydrogen-bond acceptors (Lipinski definition) is 6. The van der Waals surface area contributed by atoms with Gasteiger partial charge in [-0.25, -0.2) is 28.5 Å². The molecule has 0 unspecified atom stereocenters. The molecule has 0 aliphatic carbocycles. The van der Waals surface area contributed by atoms with Gasteiger partial charge in [0.05, 0.1) is 6.33 Å². The minimum Gasteiger partial charge on any atom is -0.330 e. The molecule has 0 aliphatic rings. The molecule has 2 aromatic rings. The van der Waals surface area contributed by atoms with Gasteiger partial charge in [-0.05, 0) is 6.26 Å². The minimum atomic E-state index is -3.88. The number of rotatable bonds is 2. The summed E-state index contributed by atoms with van der Waals surface area (Å²) in [6.07, 6.45) is 3.22. The van der Waals surface area contributed by atoms with E-state index in [0.717, 1.165) is 0 Å². The van der Waals surface area contributed by atoms with Crippen LogP contribution in [0.15, 0.2) is 16.5 Å². The smallest absolute Gasteiger partial charge is 0.257 e. The van der Waals surface area contributed by atoms with Gasteiger partial charge >= 0.3 is 0 Å². The van der Waals surface area contributed by atoms with Gasteiger partial charge in [0, 0.05) is 7.05 Å². The van der Waals surface area contributed by atoms with E-state index in [0.29, 0.717) is 16.3 Å². The zero-order chi connectivity index (χ0) is 11.9. The fraction of sp³-hybridized carbons (Fsp3) is 0.286. The molecular weight excluding hydrogens is 250 g/mol. The second kappa shape index (κ2) is 3.68. The van der Waals surface area contributed by atoms with Crippen LogP contribution in [-0.2, 0) is 17.1 Å². The monoisotopic (exact) mass is 259 g/mol. The number of hydrogen-bond donors (Lipinski definition) is 1. The molecule has 2 rings (SSSR count). The van der Waals surface area contributed by atoms with E-state index < -0.39 is 10.0 Å². The van der Waals surface area contributed by atoms with Gasteiger partial charge in [-0.15, -0.1) is 0 Å². The highest BCUT2D eigenvalue weighted by Crippen LogP contribution is 2.20. The number of nitrogens with two attached hydrogens (primary N) is 1. The predicted octanol–water partition coefficient (Wildman–Crippen LogP) is -0.267. The van der Waals surface area contributed by atoms with E-state index in [1.807, 2.05) is 0 Å². The van der Waals surface area contributed by atoms with Crippen LogP contribution >= 0.6 is 11.8 Å². The van der Waals surface area contributed by atoms with E-state index >= 15 is 0 Å². The Morgan fingerprint density at radius 2 is 2.12 bits per heavy atom. The second-order valence-electron chi connectivity index (χ2n) is 3.09. The molecule has 0 aromatic carbocycles. The molecule has 7 nitrogen and oxygen atoms in total. The van der Waals surface area contributed by atoms with Gasteiger partial charge in [0.2, 0.25) is 5.03 Å². The lowest BCUT2D eigenvalue weighted by Gasteiger charge is -2.03. The first-order chi connectivity index (χ1) is 7.43. The number of aromatic nitrogens is 4. The molecular formula is C7H9N5O2S2. The van der Waals surface area contributed by atoms with Crippen LogP contribution in [0.5, 0.6) is 0 Å². The number of fused-ring (bicyclic) bond motifs is 1. The molecule has 0 saturated carbocycles. The number of primary sulfonamides is 1. The summed E-state index contributed by atoms with van der Waals surface area (Å²) in [5.74, 6) is 0. The third-order valence-electron chi connectivity index (χ3n) is 1.97. The van der Waals surface area contributed by atoms with Crippen molar-refractivity contribution in [2.24, 2.45) is 12.2 Å². The molecule has 0 bridgehead atoms. The van der Waals surface area contributed by atoms with Crippen LogP contribution in [0, 0.1) is 0 Å². The third kappa shape index (κ3) is 1.77. The van der Waals surface area contributed by atoms with E-state index in [2.05, 4.69) is 15.0 Å². The summed E-state index contributed by atoms with van der Waals surface area (Å²) in [5.41, 5.74) is 0.645. The van der Waals surface area contributed by atoms with Crippen molar-refractivity contribution in [1.82, 2.24) is 19.5 Å². The molecule has 16 heavy (non-hydrogen) atoms. The maximum Gasteiger partial charge on any atom is 0.257 e. The van der Waals surface area contributed by atoms with Crippen molar-refractivity contribution < 1.29 is 8.42 Å². The van der Waals surface area contributed by atoms with Gasteiger partial charge in [-0.2, -0.15) is 0 Å². The van der Waals surface area contributed by atoms with Gasteiger partial charge in [0.15, 0.2) is 10.8 Å². The maximum atomic E-state index is 11.4. The molecule has 0 amide bonds. The van der Waals surface area contributed by atoms with Crippen molar-refractivity contribution in [2.45, 2.75) is 10.2 Å². The molecule has 0 aliphatic heterocycles. The lowest BCUT2D eigenvalue weighted by Crippen LogP contribution is -2.16. The summed E-state index contributed by atoms with van der Waals surface area (Å²) in [6, 6.07) is 0. The number of aryl methyl sites for hydroxylation is 1. The highest BCUT2D eigenvalue weighted by molar-refractivity contribution is 7.98. The number of sulfonamides is 1. The predicted molar refractivity (Wildman–Crippen MR) is 59.5 cm³/mol. The summed E-state index contributed by atoms with van der Waals surface area (Å²) in [4.78, 5) is 12.0. The molecule has 9 heteroatoms. The van der Waals surface area contributed by atoms with Crippen LogP contribution in [0.25, 0.3) is 11.2 Å². The van der Waals surface area contributed by atoms with Gasteiger partial charge in [-0.1, -0.05) is 11.8 Å². The van der Waals surface area contributed by atoms with E-state index in [1.54, 1.807) is 13.3 Å². The quantitative estimate of drug-likeness (QED) is 0.452. The molecule has 2 N–H and O–H groups in total. The lowest BCUT2D eigenvalue weighted by atomic mass is 10.5. The Morgan fingerprint density at radius 1 is 1.44 bits per heavy atom. The van der Waals surface area contributed by atoms with Crippen LogP contribution in [-0.4, -0.2) is 34.2 Å². The van der Waals surface area contributed by atoms with Crippen molar-refractivity contribution >= 4 is 32.9 Å². The maximum absolute atomic E-state index is 11.4. The Bertz CT molecular complexity index is 648. The molecule has 0 radical (unpaired) electrons. The summed E-state index contributed by atoms with van der Waals surface area (Å²) in [6.45, 7) is 0. The number of thioether (sulfide) groups is 1. The van der Waals surface area contributed by atoms with Crippen LogP contribution in [0.4, 0.5) is 0 Å². The zero-order valence-electron chi connectivity index (χ0n) is 8.58. The average molecular weight is 259 g/mol. The summed E-state index contributed by atoms with van der Waals surface area (Å²) in [5, 5.41) is 5.24. The van der Waals surface area contributed by atoms with E-state index in [9.17, 15) is 8.42 Å². The Morgan fingerprint density at radius 3 is 2.69 bits per heavy atom. The number of imidazole rings is 1.